The molecular formula is C22H25N3O5. The number of carbonyl (C=O) groups is 2. The number of hydrogen-bond donors (Lipinski definition) is 2. The smallest absolute Gasteiger partial charge is 0.338 e. The Morgan fingerprint density at radius 1 is 1.33 bits per heavy atom. The van der Waals surface area contributed by atoms with E-state index in [2.05, 4.69) is 15.5 Å². The van der Waals surface area contributed by atoms with E-state index in [0.29, 0.717) is 23.6 Å². The quantitative estimate of drug-likeness (QED) is 0.710. The second-order valence-corrected chi connectivity index (χ2v) is 7.18. The van der Waals surface area contributed by atoms with E-state index in [1.165, 1.54) is 11.8 Å². The molecular weight excluding hydrogens is 386 g/mol. The molecule has 1 aromatic carbocycles. The highest BCUT2D eigenvalue weighted by molar-refractivity contribution is 5.95. The summed E-state index contributed by atoms with van der Waals surface area (Å²) in [6.45, 7) is 3.18. The van der Waals surface area contributed by atoms with Gasteiger partial charge in [-0.2, -0.15) is 0 Å². The van der Waals surface area contributed by atoms with Crippen molar-refractivity contribution in [3.05, 3.63) is 59.2 Å². The fourth-order valence-electron chi connectivity index (χ4n) is 3.99. The molecule has 4 rings (SSSR count). The Morgan fingerprint density at radius 2 is 2.20 bits per heavy atom. The third-order valence-electron chi connectivity index (χ3n) is 5.33. The van der Waals surface area contributed by atoms with Crippen molar-refractivity contribution in [2.75, 3.05) is 31.7 Å². The van der Waals surface area contributed by atoms with Crippen molar-refractivity contribution in [3.63, 3.8) is 0 Å². The maximum Gasteiger partial charge on any atom is 0.338 e. The predicted molar refractivity (Wildman–Crippen MR) is 110 cm³/mol. The summed E-state index contributed by atoms with van der Waals surface area (Å²) >= 11 is 0. The van der Waals surface area contributed by atoms with E-state index in [1.807, 2.05) is 18.2 Å². The van der Waals surface area contributed by atoms with Crippen molar-refractivity contribution >= 4 is 17.7 Å². The lowest BCUT2D eigenvalue weighted by Crippen LogP contribution is -2.49. The largest absolute Gasteiger partial charge is 0.497 e. The highest BCUT2D eigenvalue weighted by Crippen LogP contribution is 2.33. The van der Waals surface area contributed by atoms with Crippen molar-refractivity contribution in [3.8, 4) is 5.75 Å². The molecule has 0 aliphatic carbocycles. The number of nitrogens with zero attached hydrogens (tertiary/aromatic N) is 1. The van der Waals surface area contributed by atoms with Crippen LogP contribution in [0.5, 0.6) is 5.75 Å². The van der Waals surface area contributed by atoms with Crippen molar-refractivity contribution in [2.24, 2.45) is 0 Å². The molecule has 0 radical (unpaired) electrons. The maximum atomic E-state index is 12.8. The molecule has 2 N–H and O–H groups in total. The Kier molecular flexibility index (Phi) is 5.65. The Hall–Kier alpha value is -3.42. The van der Waals surface area contributed by atoms with Crippen LogP contribution in [0.4, 0.5) is 10.5 Å². The minimum absolute atomic E-state index is 0.237. The van der Waals surface area contributed by atoms with E-state index >= 15 is 0 Å². The van der Waals surface area contributed by atoms with Gasteiger partial charge in [-0.25, -0.2) is 9.59 Å². The lowest BCUT2D eigenvalue weighted by molar-refractivity contribution is -0.139. The highest BCUT2D eigenvalue weighted by atomic mass is 16.5. The summed E-state index contributed by atoms with van der Waals surface area (Å²) in [6.07, 6.45) is 3.44. The number of amides is 2. The Labute approximate surface area is 174 Å². The summed E-state index contributed by atoms with van der Waals surface area (Å²) in [5.74, 6) is 0.817. The molecule has 1 unspecified atom stereocenters. The van der Waals surface area contributed by atoms with E-state index in [0.717, 1.165) is 30.8 Å². The van der Waals surface area contributed by atoms with Crippen LogP contribution in [0.3, 0.4) is 0 Å². The third-order valence-corrected chi connectivity index (χ3v) is 5.33. The van der Waals surface area contributed by atoms with Gasteiger partial charge in [-0.1, -0.05) is 0 Å². The molecule has 30 heavy (non-hydrogen) atoms. The molecule has 3 heterocycles. The molecule has 1 aromatic heterocycles. The summed E-state index contributed by atoms with van der Waals surface area (Å²) in [5.41, 5.74) is 3.12. The second-order valence-electron chi connectivity index (χ2n) is 7.18. The van der Waals surface area contributed by atoms with Crippen LogP contribution in [0.1, 0.15) is 30.7 Å². The van der Waals surface area contributed by atoms with Gasteiger partial charge in [0, 0.05) is 12.2 Å². The van der Waals surface area contributed by atoms with Crippen LogP contribution in [0.25, 0.3) is 0 Å². The monoisotopic (exact) mass is 411 g/mol. The minimum Gasteiger partial charge on any atom is -0.497 e. The van der Waals surface area contributed by atoms with Gasteiger partial charge < -0.3 is 29.4 Å². The molecule has 158 valence electrons. The van der Waals surface area contributed by atoms with Crippen LogP contribution >= 0.6 is 0 Å². The fraction of sp³-hybridized carbons (Fsp3) is 0.364. The number of benzene rings is 1. The SMILES string of the molecule is CCOC(=O)C1=C(CN2CCCc3cc(OC)ccc32)NC(=O)NC1c1ccco1. The summed E-state index contributed by atoms with van der Waals surface area (Å²) in [6, 6.07) is 8.34. The average molecular weight is 411 g/mol. The van der Waals surface area contributed by atoms with Crippen molar-refractivity contribution in [1.29, 1.82) is 0 Å². The van der Waals surface area contributed by atoms with Crippen LogP contribution in [0, 0.1) is 0 Å². The van der Waals surface area contributed by atoms with E-state index in [9.17, 15) is 9.59 Å². The number of furan rings is 1. The number of nitrogens with one attached hydrogen (secondary N) is 2. The number of aryl methyl sites for hydroxylation is 1. The van der Waals surface area contributed by atoms with Crippen LogP contribution < -0.4 is 20.3 Å². The summed E-state index contributed by atoms with van der Waals surface area (Å²) in [7, 11) is 1.65. The number of urea groups is 1. The van der Waals surface area contributed by atoms with Gasteiger partial charge in [-0.05, 0) is 55.7 Å². The number of hydrogen-bond acceptors (Lipinski definition) is 6. The normalized spacial score (nSPS) is 18.4. The molecule has 1 atom stereocenters. The van der Waals surface area contributed by atoms with E-state index in [1.54, 1.807) is 26.2 Å². The predicted octanol–water partition coefficient (Wildman–Crippen LogP) is 2.91. The van der Waals surface area contributed by atoms with Crippen molar-refractivity contribution in [2.45, 2.75) is 25.8 Å². The molecule has 0 saturated carbocycles. The topological polar surface area (TPSA) is 93.0 Å². The van der Waals surface area contributed by atoms with Crippen molar-refractivity contribution in [1.82, 2.24) is 10.6 Å². The number of fused-ring (bicyclic) bond motifs is 1. The van der Waals surface area contributed by atoms with Gasteiger partial charge in [0.15, 0.2) is 0 Å². The Morgan fingerprint density at radius 3 is 2.93 bits per heavy atom. The minimum atomic E-state index is -0.706. The Balaban J connectivity index is 1.72. The molecule has 0 fully saturated rings. The van der Waals surface area contributed by atoms with Gasteiger partial charge in [0.1, 0.15) is 17.6 Å². The van der Waals surface area contributed by atoms with Crippen LogP contribution in [0.2, 0.25) is 0 Å². The molecule has 0 spiro atoms. The summed E-state index contributed by atoms with van der Waals surface area (Å²) in [4.78, 5) is 27.4. The zero-order chi connectivity index (χ0) is 21.1. The molecule has 2 amide bonds. The summed E-state index contributed by atoms with van der Waals surface area (Å²) in [5, 5.41) is 5.59. The first kappa shape index (κ1) is 19.9. The average Bonchev–Trinajstić information content (AvgIpc) is 3.28. The zero-order valence-electron chi connectivity index (χ0n) is 17.1. The van der Waals surface area contributed by atoms with Gasteiger partial charge in [0.2, 0.25) is 0 Å². The lowest BCUT2D eigenvalue weighted by atomic mass is 9.97. The third kappa shape index (κ3) is 3.85. The number of anilines is 1. The Bertz CT molecular complexity index is 967. The lowest BCUT2D eigenvalue weighted by Gasteiger charge is -2.35. The van der Waals surface area contributed by atoms with Gasteiger partial charge >= 0.3 is 12.0 Å². The first-order valence-corrected chi connectivity index (χ1v) is 10.0. The van der Waals surface area contributed by atoms with Crippen LogP contribution in [-0.4, -0.2) is 38.8 Å². The molecule has 8 heteroatoms. The number of methoxy groups -OCH3 is 1. The first-order chi connectivity index (χ1) is 14.6. The van der Waals surface area contributed by atoms with Gasteiger partial charge in [0.25, 0.3) is 0 Å². The van der Waals surface area contributed by atoms with E-state index in [4.69, 9.17) is 13.9 Å². The first-order valence-electron chi connectivity index (χ1n) is 10.0. The van der Waals surface area contributed by atoms with Gasteiger partial charge in [-0.3, -0.25) is 0 Å². The highest BCUT2D eigenvalue weighted by Gasteiger charge is 2.36. The summed E-state index contributed by atoms with van der Waals surface area (Å²) < 4.78 is 16.1. The molecule has 0 saturated heterocycles. The number of ether oxygens (including phenoxy) is 2. The molecule has 0 bridgehead atoms. The zero-order valence-corrected chi connectivity index (χ0v) is 17.1. The fourth-order valence-corrected chi connectivity index (χ4v) is 3.99. The van der Waals surface area contributed by atoms with Crippen LogP contribution in [0.15, 0.2) is 52.3 Å². The second kappa shape index (κ2) is 8.52. The van der Waals surface area contributed by atoms with Crippen LogP contribution in [-0.2, 0) is 16.0 Å². The number of esters is 1. The van der Waals surface area contributed by atoms with Gasteiger partial charge in [-0.15, -0.1) is 0 Å². The van der Waals surface area contributed by atoms with E-state index < -0.39 is 12.0 Å². The van der Waals surface area contributed by atoms with E-state index in [-0.39, 0.29) is 12.6 Å². The van der Waals surface area contributed by atoms with Gasteiger partial charge in [0.05, 0.1) is 37.8 Å². The number of carbonyl (C=O) groups excluding carboxylic acids is 2. The molecule has 2 aromatic rings. The molecule has 2 aliphatic heterocycles. The van der Waals surface area contributed by atoms with Crippen molar-refractivity contribution < 1.29 is 23.5 Å². The molecule has 2 aliphatic rings. The standard InChI is InChI=1S/C22H25N3O5/c1-3-29-21(26)19-16(23-22(27)24-20(19)18-7-5-11-30-18)13-25-10-4-6-14-12-15(28-2)8-9-17(14)25/h5,7-9,11-12,20H,3-4,6,10,13H2,1-2H3,(H2,23,24,27). The number of rotatable bonds is 6. The molecule has 8 nitrogen and oxygen atoms in total. The maximum absolute atomic E-state index is 12.8.